The summed E-state index contributed by atoms with van der Waals surface area (Å²) in [5, 5.41) is 14.5. The largest absolute Gasteiger partial charge is 0.416 e. The van der Waals surface area contributed by atoms with Gasteiger partial charge in [-0.2, -0.15) is 31.6 Å². The van der Waals surface area contributed by atoms with E-state index in [0.29, 0.717) is 28.1 Å². The Labute approximate surface area is 469 Å². The summed E-state index contributed by atoms with van der Waals surface area (Å²) in [4.78, 5) is 0. The number of alkyl halides is 6. The molecule has 398 valence electrons. The molecule has 3 nitrogen and oxygen atoms in total. The Morgan fingerprint density at radius 2 is 0.622 bits per heavy atom. The first-order chi connectivity index (χ1) is 39.5. The van der Waals surface area contributed by atoms with Crippen molar-refractivity contribution in [2.24, 2.45) is 0 Å². The first-order valence-electron chi connectivity index (χ1n) is 26.9. The lowest BCUT2D eigenvalue weighted by molar-refractivity contribution is -0.143. The van der Waals surface area contributed by atoms with Crippen LogP contribution in [0.1, 0.15) is 38.9 Å². The van der Waals surface area contributed by atoms with Gasteiger partial charge in [0.05, 0.1) is 56.2 Å². The Morgan fingerprint density at radius 1 is 0.305 bits per heavy atom. The van der Waals surface area contributed by atoms with Crippen molar-refractivity contribution in [3.05, 3.63) is 263 Å². The number of hydrogen-bond acceptors (Lipinski definition) is 1. The minimum absolute atomic E-state index is 0.112. The Hall–Kier alpha value is -9.91. The molecule has 0 unspecified atom stereocenters. The van der Waals surface area contributed by atoms with Gasteiger partial charge >= 0.3 is 12.4 Å². The van der Waals surface area contributed by atoms with Crippen LogP contribution >= 0.6 is 0 Å². The molecule has 0 amide bonds. The number of aromatic nitrogens is 2. The van der Waals surface area contributed by atoms with Crippen LogP contribution < -0.4 is 0 Å². The van der Waals surface area contributed by atoms with E-state index in [2.05, 4.69) is 164 Å². The molecule has 82 heavy (non-hydrogen) atoms. The van der Waals surface area contributed by atoms with Gasteiger partial charge in [-0.15, -0.1) is 0 Å². The van der Waals surface area contributed by atoms with E-state index in [0.717, 1.165) is 123 Å². The predicted octanol–water partition coefficient (Wildman–Crippen LogP) is 21.0. The number of benzene rings is 11. The minimum atomic E-state index is -5.08. The highest BCUT2D eigenvalue weighted by Crippen LogP contribution is 2.47. The molecule has 9 heteroatoms. The van der Waals surface area contributed by atoms with Crippen molar-refractivity contribution < 1.29 is 26.3 Å². The predicted molar refractivity (Wildman–Crippen MR) is 321 cm³/mol. The molecule has 2 heterocycles. The number of nitriles is 1. The Morgan fingerprint density at radius 3 is 0.951 bits per heavy atom. The number of nitrogens with zero attached hydrogens (tertiary/aromatic N) is 3. The maximum atomic E-state index is 14.7. The van der Waals surface area contributed by atoms with Gasteiger partial charge in [0, 0.05) is 32.7 Å². The number of rotatable bonds is 8. The minimum Gasteiger partial charge on any atom is -0.309 e. The van der Waals surface area contributed by atoms with E-state index in [-0.39, 0.29) is 17.2 Å². The van der Waals surface area contributed by atoms with Crippen molar-refractivity contribution >= 4 is 43.6 Å². The van der Waals surface area contributed by atoms with E-state index in [1.165, 1.54) is 0 Å². The molecular formula is C73H49F6N3. The number of aryl methyl sites for hydroxylation is 4. The van der Waals surface area contributed by atoms with E-state index >= 15 is 0 Å². The average molecular weight is 1080 g/mol. The molecule has 0 aliphatic rings. The molecule has 13 rings (SSSR count). The first-order valence-corrected chi connectivity index (χ1v) is 26.9. The second-order valence-electron chi connectivity index (χ2n) is 21.2. The van der Waals surface area contributed by atoms with Crippen LogP contribution in [0.5, 0.6) is 0 Å². The van der Waals surface area contributed by atoms with Crippen molar-refractivity contribution in [3.63, 3.8) is 0 Å². The smallest absolute Gasteiger partial charge is 0.309 e. The van der Waals surface area contributed by atoms with Gasteiger partial charge < -0.3 is 9.13 Å². The molecule has 0 spiro atoms. The summed E-state index contributed by atoms with van der Waals surface area (Å²) in [6, 6.07) is 72.7. The lowest BCUT2D eigenvalue weighted by atomic mass is 9.93. The fraction of sp³-hybridized carbons (Fsp3) is 0.0822. The van der Waals surface area contributed by atoms with Gasteiger partial charge in [0.25, 0.3) is 0 Å². The van der Waals surface area contributed by atoms with Crippen LogP contribution in [0.4, 0.5) is 26.3 Å². The summed E-state index contributed by atoms with van der Waals surface area (Å²) in [6.45, 7) is 8.32. The second-order valence-corrected chi connectivity index (χ2v) is 21.2. The molecule has 0 fully saturated rings. The third-order valence-electron chi connectivity index (χ3n) is 16.2. The summed E-state index contributed by atoms with van der Waals surface area (Å²) in [6.07, 6.45) is -10.2. The van der Waals surface area contributed by atoms with Gasteiger partial charge in [-0.1, -0.05) is 127 Å². The monoisotopic (exact) mass is 1080 g/mol. The SMILES string of the molecule is Cc1ccccc1-c1ccc2c(c1)c1cc(-c3ccccc3C)ccc1n2-c1ccc(C#N)cc1-c1cc(-c2cc(C(F)(F)F)cc(C(F)(F)F)c2)ccc1-n1c2ccc(-c3ccccc3C)cc2c2cc(-c3ccccc3C)ccc21. The number of hydrogen-bond donors (Lipinski definition) is 0. The zero-order chi connectivity index (χ0) is 56.8. The molecule has 0 bridgehead atoms. The van der Waals surface area contributed by atoms with Crippen molar-refractivity contribution in [1.29, 1.82) is 5.26 Å². The first kappa shape index (κ1) is 51.5. The van der Waals surface area contributed by atoms with E-state index in [4.69, 9.17) is 0 Å². The van der Waals surface area contributed by atoms with Crippen LogP contribution in [0.15, 0.2) is 224 Å². The van der Waals surface area contributed by atoms with Crippen LogP contribution in [0, 0.1) is 39.0 Å². The molecule has 13 aromatic rings. The highest BCUT2D eigenvalue weighted by Gasteiger charge is 2.37. The van der Waals surface area contributed by atoms with E-state index in [1.54, 1.807) is 30.3 Å². The summed E-state index contributed by atoms with van der Waals surface area (Å²) in [5.74, 6) is 0. The Balaban J connectivity index is 1.14. The Kier molecular flexibility index (Phi) is 12.4. The van der Waals surface area contributed by atoms with Crippen molar-refractivity contribution in [2.75, 3.05) is 0 Å². The van der Waals surface area contributed by atoms with Gasteiger partial charge in [0.2, 0.25) is 0 Å². The fourth-order valence-corrected chi connectivity index (χ4v) is 12.1. The van der Waals surface area contributed by atoms with E-state index in [9.17, 15) is 31.6 Å². The number of halogens is 6. The van der Waals surface area contributed by atoms with Gasteiger partial charge in [0.1, 0.15) is 0 Å². The third kappa shape index (κ3) is 8.88. The molecule has 2 aromatic heterocycles. The lowest BCUT2D eigenvalue weighted by Crippen LogP contribution is -2.11. The second kappa shape index (κ2) is 19.7. The highest BCUT2D eigenvalue weighted by molar-refractivity contribution is 6.14. The van der Waals surface area contributed by atoms with Crippen LogP contribution in [0.3, 0.4) is 0 Å². The van der Waals surface area contributed by atoms with Crippen LogP contribution in [0.2, 0.25) is 0 Å². The molecular weight excluding hydrogens is 1030 g/mol. The van der Waals surface area contributed by atoms with E-state index < -0.39 is 23.5 Å². The zero-order valence-corrected chi connectivity index (χ0v) is 45.0. The molecule has 0 saturated carbocycles. The van der Waals surface area contributed by atoms with Crippen molar-refractivity contribution in [1.82, 2.24) is 9.13 Å². The Bertz CT molecular complexity index is 4560. The lowest BCUT2D eigenvalue weighted by Gasteiger charge is -2.21. The topological polar surface area (TPSA) is 33.6 Å². The third-order valence-corrected chi connectivity index (χ3v) is 16.2. The zero-order valence-electron chi connectivity index (χ0n) is 45.0. The summed E-state index contributed by atoms with van der Waals surface area (Å²) >= 11 is 0. The normalized spacial score (nSPS) is 12.0. The quantitative estimate of drug-likeness (QED) is 0.140. The van der Waals surface area contributed by atoms with E-state index in [1.807, 2.05) is 54.6 Å². The summed E-state index contributed by atoms with van der Waals surface area (Å²) in [7, 11) is 0. The highest BCUT2D eigenvalue weighted by atomic mass is 19.4. The molecule has 0 N–H and O–H groups in total. The molecule has 0 atom stereocenters. The maximum absolute atomic E-state index is 14.7. The van der Waals surface area contributed by atoms with Gasteiger partial charge in [-0.05, 0) is 203 Å². The molecule has 0 aliphatic carbocycles. The average Bonchev–Trinajstić information content (AvgIpc) is 4.06. The molecule has 0 aliphatic heterocycles. The summed E-state index contributed by atoms with van der Waals surface area (Å²) < 4.78 is 92.4. The van der Waals surface area contributed by atoms with Gasteiger partial charge in [0.15, 0.2) is 0 Å². The standard InChI is InChI=1S/C73H49F6N3/c1-43-13-5-9-17-56(43)49-23-29-68-62(37-49)63-38-50(57-18-10-6-14-44(57)2)24-30-69(63)81(68)66-27-21-47(42-80)33-60(66)61-36-48(53-34-54(72(74,75)76)41-55(35-53)73(77,78)79)22-28-67(61)82-70-31-25-51(58-19-11-7-15-45(58)3)39-64(70)65-40-52(26-32-71(65)82)59-20-12-8-16-46(59)4/h5-41H,1-4H3. The summed E-state index contributed by atoms with van der Waals surface area (Å²) in [5.41, 5.74) is 15.5. The molecule has 0 radical (unpaired) electrons. The van der Waals surface area contributed by atoms with Crippen molar-refractivity contribution in [2.45, 2.75) is 40.0 Å². The fourth-order valence-electron chi connectivity index (χ4n) is 12.1. The van der Waals surface area contributed by atoms with Gasteiger partial charge in [-0.25, -0.2) is 0 Å². The van der Waals surface area contributed by atoms with Crippen molar-refractivity contribution in [3.8, 4) is 84.2 Å². The van der Waals surface area contributed by atoms with Crippen LogP contribution in [-0.2, 0) is 12.4 Å². The molecule has 0 saturated heterocycles. The number of fused-ring (bicyclic) bond motifs is 6. The van der Waals surface area contributed by atoms with Crippen LogP contribution in [-0.4, -0.2) is 9.13 Å². The maximum Gasteiger partial charge on any atom is 0.416 e. The van der Waals surface area contributed by atoms with Gasteiger partial charge in [-0.3, -0.25) is 0 Å². The molecule has 11 aromatic carbocycles. The van der Waals surface area contributed by atoms with Crippen LogP contribution in [0.25, 0.3) is 122 Å².